The zero-order chi connectivity index (χ0) is 15.5. The SMILES string of the molecule is Brc1cc(Br)c([S+](c2ccccc2)c2ccccc2)c(Br)c1. The first-order valence-electron chi connectivity index (χ1n) is 6.66. The van der Waals surface area contributed by atoms with Crippen molar-refractivity contribution in [3.63, 3.8) is 0 Å². The molecule has 110 valence electrons. The molecule has 0 bridgehead atoms. The lowest BCUT2D eigenvalue weighted by Crippen LogP contribution is -2.06. The van der Waals surface area contributed by atoms with Crippen LogP contribution in [0.25, 0.3) is 0 Å². The molecule has 4 heteroatoms. The van der Waals surface area contributed by atoms with Crippen LogP contribution in [0.1, 0.15) is 0 Å². The van der Waals surface area contributed by atoms with Gasteiger partial charge in [-0.1, -0.05) is 52.3 Å². The molecule has 0 amide bonds. The third kappa shape index (κ3) is 3.51. The number of hydrogen-bond donors (Lipinski definition) is 0. The van der Waals surface area contributed by atoms with E-state index in [4.69, 9.17) is 0 Å². The number of halogens is 3. The smallest absolute Gasteiger partial charge is 0.0619 e. The van der Waals surface area contributed by atoms with Crippen LogP contribution < -0.4 is 0 Å². The van der Waals surface area contributed by atoms with Crippen molar-refractivity contribution in [2.24, 2.45) is 0 Å². The molecule has 22 heavy (non-hydrogen) atoms. The fraction of sp³-hybridized carbons (Fsp3) is 0. The second-order valence-corrected chi connectivity index (χ2v) is 9.22. The predicted molar refractivity (Wildman–Crippen MR) is 105 cm³/mol. The molecule has 0 spiro atoms. The summed E-state index contributed by atoms with van der Waals surface area (Å²) in [5.74, 6) is 0. The van der Waals surface area contributed by atoms with E-state index in [1.807, 2.05) is 0 Å². The van der Waals surface area contributed by atoms with Crippen molar-refractivity contribution in [3.8, 4) is 0 Å². The maximum Gasteiger partial charge on any atom is 0.194 e. The van der Waals surface area contributed by atoms with Crippen LogP contribution in [0, 0.1) is 0 Å². The van der Waals surface area contributed by atoms with Crippen LogP contribution in [0.5, 0.6) is 0 Å². The number of hydrogen-bond acceptors (Lipinski definition) is 0. The maximum absolute atomic E-state index is 3.74. The van der Waals surface area contributed by atoms with Gasteiger partial charge >= 0.3 is 0 Å². The minimum Gasteiger partial charge on any atom is -0.0619 e. The van der Waals surface area contributed by atoms with Crippen molar-refractivity contribution in [1.29, 1.82) is 0 Å². The van der Waals surface area contributed by atoms with Gasteiger partial charge in [-0.3, -0.25) is 0 Å². The van der Waals surface area contributed by atoms with Gasteiger partial charge in [-0.05, 0) is 68.3 Å². The van der Waals surface area contributed by atoms with E-state index in [1.165, 1.54) is 14.7 Å². The molecule has 3 aromatic rings. The van der Waals surface area contributed by atoms with Gasteiger partial charge in [-0.15, -0.1) is 0 Å². The molecule has 0 radical (unpaired) electrons. The van der Waals surface area contributed by atoms with E-state index < -0.39 is 0 Å². The Balaban J connectivity index is 2.24. The van der Waals surface area contributed by atoms with Crippen LogP contribution in [0.2, 0.25) is 0 Å². The summed E-state index contributed by atoms with van der Waals surface area (Å²) in [5.41, 5.74) is 0. The van der Waals surface area contributed by atoms with Gasteiger partial charge in [0, 0.05) is 4.47 Å². The Bertz CT molecular complexity index is 710. The van der Waals surface area contributed by atoms with E-state index in [1.54, 1.807) is 0 Å². The molecular formula is C18H12Br3S+. The van der Waals surface area contributed by atoms with Crippen molar-refractivity contribution in [1.82, 2.24) is 0 Å². The first-order valence-corrected chi connectivity index (χ1v) is 10.3. The monoisotopic (exact) mass is 497 g/mol. The Morgan fingerprint density at radius 1 is 0.591 bits per heavy atom. The van der Waals surface area contributed by atoms with E-state index >= 15 is 0 Å². The fourth-order valence-corrected chi connectivity index (χ4v) is 7.55. The van der Waals surface area contributed by atoms with Gasteiger partial charge in [0.15, 0.2) is 14.7 Å². The molecule has 0 aliphatic rings. The third-order valence-corrected chi connectivity index (χ3v) is 7.69. The zero-order valence-corrected chi connectivity index (χ0v) is 17.0. The number of rotatable bonds is 3. The molecule has 0 heterocycles. The van der Waals surface area contributed by atoms with E-state index in [0.717, 1.165) is 13.4 Å². The van der Waals surface area contributed by atoms with E-state index in [-0.39, 0.29) is 10.9 Å². The van der Waals surface area contributed by atoms with Crippen molar-refractivity contribution in [2.75, 3.05) is 0 Å². The lowest BCUT2D eigenvalue weighted by molar-refractivity contribution is 1.27. The zero-order valence-electron chi connectivity index (χ0n) is 11.5. The summed E-state index contributed by atoms with van der Waals surface area (Å²) in [5, 5.41) is 0. The summed E-state index contributed by atoms with van der Waals surface area (Å²) >= 11 is 11.0. The largest absolute Gasteiger partial charge is 0.194 e. The molecule has 3 rings (SSSR count). The molecule has 3 aromatic carbocycles. The standard InChI is InChI=1S/C18H12Br3S/c19-13-11-16(20)18(17(21)12-13)22(14-7-3-1-4-8-14)15-9-5-2-6-10-15/h1-12H/q+1. The average Bonchev–Trinajstić information content (AvgIpc) is 2.52. The van der Waals surface area contributed by atoms with Gasteiger partial charge in [0.2, 0.25) is 0 Å². The minimum absolute atomic E-state index is 0.161. The summed E-state index contributed by atoms with van der Waals surface area (Å²) in [7, 11) is -0.161. The highest BCUT2D eigenvalue weighted by molar-refractivity contribution is 9.11. The topological polar surface area (TPSA) is 0 Å². The van der Waals surface area contributed by atoms with Crippen LogP contribution in [-0.4, -0.2) is 0 Å². The second kappa shape index (κ2) is 7.35. The van der Waals surface area contributed by atoms with Gasteiger partial charge in [-0.2, -0.15) is 0 Å². The van der Waals surface area contributed by atoms with E-state index in [2.05, 4.69) is 121 Å². The highest BCUT2D eigenvalue weighted by atomic mass is 79.9. The molecule has 0 unspecified atom stereocenters. The lowest BCUT2D eigenvalue weighted by Gasteiger charge is -2.11. The van der Waals surface area contributed by atoms with Crippen molar-refractivity contribution >= 4 is 58.7 Å². The highest BCUT2D eigenvalue weighted by Gasteiger charge is 2.33. The molecule has 0 aliphatic heterocycles. The van der Waals surface area contributed by atoms with Gasteiger partial charge in [0.25, 0.3) is 0 Å². The fourth-order valence-electron chi connectivity index (χ4n) is 2.21. The van der Waals surface area contributed by atoms with E-state index in [0.29, 0.717) is 0 Å². The Morgan fingerprint density at radius 2 is 1.00 bits per heavy atom. The Labute approximate surface area is 158 Å². The first-order chi connectivity index (χ1) is 10.7. The minimum atomic E-state index is -0.161. The van der Waals surface area contributed by atoms with Crippen molar-refractivity contribution in [3.05, 3.63) is 86.2 Å². The summed E-state index contributed by atoms with van der Waals surface area (Å²) in [6, 6.07) is 25.5. The van der Waals surface area contributed by atoms with Crippen LogP contribution in [-0.2, 0) is 10.9 Å². The molecule has 0 aromatic heterocycles. The van der Waals surface area contributed by atoms with Crippen LogP contribution in [0.3, 0.4) is 0 Å². The van der Waals surface area contributed by atoms with Gasteiger partial charge in [0.1, 0.15) is 10.9 Å². The van der Waals surface area contributed by atoms with Gasteiger partial charge in [0.05, 0.1) is 8.95 Å². The normalized spacial score (nSPS) is 10.9. The third-order valence-electron chi connectivity index (χ3n) is 3.12. The second-order valence-electron chi connectivity index (χ2n) is 4.63. The van der Waals surface area contributed by atoms with Crippen molar-refractivity contribution in [2.45, 2.75) is 14.7 Å². The molecule has 0 saturated heterocycles. The predicted octanol–water partition coefficient (Wildman–Crippen LogP) is 7.07. The van der Waals surface area contributed by atoms with Crippen LogP contribution in [0.4, 0.5) is 0 Å². The average molecular weight is 500 g/mol. The quantitative estimate of drug-likeness (QED) is 0.338. The maximum atomic E-state index is 3.74. The Kier molecular flexibility index (Phi) is 5.45. The summed E-state index contributed by atoms with van der Waals surface area (Å²) in [6.45, 7) is 0. The molecular weight excluding hydrogens is 488 g/mol. The lowest BCUT2D eigenvalue weighted by atomic mass is 10.4. The molecule has 0 N–H and O–H groups in total. The molecule has 0 saturated carbocycles. The molecule has 0 fully saturated rings. The molecule has 0 nitrogen and oxygen atoms in total. The first kappa shape index (κ1) is 16.3. The highest BCUT2D eigenvalue weighted by Crippen LogP contribution is 2.41. The molecule has 0 atom stereocenters. The summed E-state index contributed by atoms with van der Waals surface area (Å²) in [6.07, 6.45) is 0. The summed E-state index contributed by atoms with van der Waals surface area (Å²) in [4.78, 5) is 3.87. The Morgan fingerprint density at radius 3 is 1.41 bits per heavy atom. The van der Waals surface area contributed by atoms with Crippen LogP contribution >= 0.6 is 47.8 Å². The summed E-state index contributed by atoms with van der Waals surface area (Å²) < 4.78 is 3.26. The van der Waals surface area contributed by atoms with Gasteiger partial charge < -0.3 is 0 Å². The molecule has 0 aliphatic carbocycles. The number of benzene rings is 3. The van der Waals surface area contributed by atoms with Gasteiger partial charge in [-0.25, -0.2) is 0 Å². The van der Waals surface area contributed by atoms with Crippen LogP contribution in [0.15, 0.2) is 101 Å². The van der Waals surface area contributed by atoms with E-state index in [9.17, 15) is 0 Å². The Hall–Kier alpha value is -0.550. The van der Waals surface area contributed by atoms with Crippen molar-refractivity contribution < 1.29 is 0 Å².